The number of nitrogens with zero attached hydrogens (tertiary/aromatic N) is 2. The van der Waals surface area contributed by atoms with Gasteiger partial charge in [-0.25, -0.2) is 4.98 Å². The summed E-state index contributed by atoms with van der Waals surface area (Å²) >= 11 is 1.70. The van der Waals surface area contributed by atoms with Crippen molar-refractivity contribution in [2.75, 3.05) is 5.75 Å². The van der Waals surface area contributed by atoms with Gasteiger partial charge in [-0.15, -0.1) is 11.8 Å². The molecule has 0 saturated carbocycles. The summed E-state index contributed by atoms with van der Waals surface area (Å²) in [6.07, 6.45) is 1.47. The highest BCUT2D eigenvalue weighted by molar-refractivity contribution is 8.01. The van der Waals surface area contributed by atoms with Crippen molar-refractivity contribution in [3.05, 3.63) is 30.1 Å². The SMILES string of the molecule is CCCn1c(CC(=O)CSC(C)(C)C)nc2ccccc21. The van der Waals surface area contributed by atoms with Gasteiger partial charge in [-0.3, -0.25) is 4.79 Å². The van der Waals surface area contributed by atoms with Gasteiger partial charge in [0.15, 0.2) is 0 Å². The van der Waals surface area contributed by atoms with E-state index in [0.717, 1.165) is 29.8 Å². The van der Waals surface area contributed by atoms with E-state index in [1.807, 2.05) is 18.2 Å². The predicted molar refractivity (Wildman–Crippen MR) is 90.9 cm³/mol. The molecule has 0 N–H and O–H groups in total. The fourth-order valence-corrected chi connectivity index (χ4v) is 2.95. The maximum absolute atomic E-state index is 12.2. The summed E-state index contributed by atoms with van der Waals surface area (Å²) in [4.78, 5) is 16.9. The van der Waals surface area contributed by atoms with E-state index in [9.17, 15) is 4.79 Å². The van der Waals surface area contributed by atoms with Gasteiger partial charge in [-0.1, -0.05) is 39.8 Å². The van der Waals surface area contributed by atoms with Gasteiger partial charge < -0.3 is 4.57 Å². The van der Waals surface area contributed by atoms with Crippen molar-refractivity contribution < 1.29 is 4.79 Å². The van der Waals surface area contributed by atoms with Gasteiger partial charge in [0.2, 0.25) is 0 Å². The van der Waals surface area contributed by atoms with Gasteiger partial charge in [0.25, 0.3) is 0 Å². The van der Waals surface area contributed by atoms with Crippen LogP contribution in [-0.2, 0) is 17.8 Å². The largest absolute Gasteiger partial charge is 0.328 e. The molecule has 0 radical (unpaired) electrons. The van der Waals surface area contributed by atoms with Gasteiger partial charge in [-0.2, -0.15) is 0 Å². The second-order valence-corrected chi connectivity index (χ2v) is 8.09. The Kier molecular flexibility index (Phi) is 5.09. The highest BCUT2D eigenvalue weighted by Gasteiger charge is 2.17. The third-order valence-corrected chi connectivity index (χ3v) is 4.53. The lowest BCUT2D eigenvalue weighted by atomic mass is 10.3. The van der Waals surface area contributed by atoms with E-state index in [0.29, 0.717) is 12.2 Å². The minimum atomic E-state index is 0.124. The van der Waals surface area contributed by atoms with E-state index < -0.39 is 0 Å². The number of carbonyl (C=O) groups excluding carboxylic acids is 1. The monoisotopic (exact) mass is 304 g/mol. The van der Waals surface area contributed by atoms with Crippen LogP contribution in [0.3, 0.4) is 0 Å². The summed E-state index contributed by atoms with van der Waals surface area (Å²) < 4.78 is 2.31. The summed E-state index contributed by atoms with van der Waals surface area (Å²) in [5.41, 5.74) is 2.11. The molecule has 0 aliphatic heterocycles. The molecule has 21 heavy (non-hydrogen) atoms. The van der Waals surface area contributed by atoms with Crippen LogP contribution in [0.5, 0.6) is 0 Å². The summed E-state index contributed by atoms with van der Waals surface area (Å²) in [7, 11) is 0. The third kappa shape index (κ3) is 4.34. The lowest BCUT2D eigenvalue weighted by Gasteiger charge is -2.16. The van der Waals surface area contributed by atoms with Crippen LogP contribution in [0.1, 0.15) is 39.9 Å². The number of aryl methyl sites for hydroxylation is 1. The number of ketones is 1. The normalized spacial score (nSPS) is 12.0. The molecule has 0 bridgehead atoms. The van der Waals surface area contributed by atoms with Gasteiger partial charge in [0.05, 0.1) is 23.2 Å². The van der Waals surface area contributed by atoms with Crippen molar-refractivity contribution in [1.82, 2.24) is 9.55 Å². The Morgan fingerprint density at radius 1 is 1.29 bits per heavy atom. The molecule has 0 fully saturated rings. The lowest BCUT2D eigenvalue weighted by molar-refractivity contribution is -0.116. The first kappa shape index (κ1) is 16.1. The second kappa shape index (κ2) is 6.65. The number of carbonyl (C=O) groups is 1. The smallest absolute Gasteiger partial charge is 0.150 e. The van der Waals surface area contributed by atoms with Crippen molar-refractivity contribution in [3.63, 3.8) is 0 Å². The first-order chi connectivity index (χ1) is 9.90. The van der Waals surface area contributed by atoms with Crippen molar-refractivity contribution in [2.45, 2.75) is 51.8 Å². The Hall–Kier alpha value is -1.29. The second-order valence-electron chi connectivity index (χ2n) is 6.28. The number of thioether (sulfide) groups is 1. The molecule has 0 spiro atoms. The van der Waals surface area contributed by atoms with Gasteiger partial charge in [0.1, 0.15) is 11.6 Å². The van der Waals surface area contributed by atoms with Crippen LogP contribution >= 0.6 is 11.8 Å². The fourth-order valence-electron chi connectivity index (χ4n) is 2.26. The van der Waals surface area contributed by atoms with Crippen LogP contribution in [-0.4, -0.2) is 25.8 Å². The Labute approximate surface area is 131 Å². The molecule has 2 aromatic rings. The summed E-state index contributed by atoms with van der Waals surface area (Å²) in [5.74, 6) is 1.71. The van der Waals surface area contributed by atoms with E-state index in [1.165, 1.54) is 0 Å². The van der Waals surface area contributed by atoms with Crippen LogP contribution in [0.2, 0.25) is 0 Å². The number of rotatable bonds is 6. The minimum absolute atomic E-state index is 0.124. The first-order valence-electron chi connectivity index (χ1n) is 7.50. The molecule has 1 heterocycles. The number of benzene rings is 1. The molecule has 0 saturated heterocycles. The molecule has 1 aromatic heterocycles. The van der Waals surface area contributed by atoms with E-state index in [1.54, 1.807) is 11.8 Å². The van der Waals surface area contributed by atoms with Gasteiger partial charge >= 0.3 is 0 Å². The molecule has 0 amide bonds. The predicted octanol–water partition coefficient (Wildman–Crippen LogP) is 4.09. The van der Waals surface area contributed by atoms with Gasteiger partial charge in [-0.05, 0) is 18.6 Å². The average molecular weight is 304 g/mol. The number of imidazole rings is 1. The number of hydrogen-bond acceptors (Lipinski definition) is 3. The molecule has 0 aliphatic carbocycles. The quantitative estimate of drug-likeness (QED) is 0.806. The molecule has 0 aliphatic rings. The molecule has 3 nitrogen and oxygen atoms in total. The van der Waals surface area contributed by atoms with E-state index in [4.69, 9.17) is 0 Å². The number of fused-ring (bicyclic) bond motifs is 1. The summed E-state index contributed by atoms with van der Waals surface area (Å²) in [6, 6.07) is 8.11. The van der Waals surface area contributed by atoms with E-state index in [2.05, 4.69) is 43.3 Å². The number of hydrogen-bond donors (Lipinski definition) is 0. The number of aromatic nitrogens is 2. The Bertz CT molecular complexity index is 625. The van der Waals surface area contributed by atoms with Crippen LogP contribution in [0.15, 0.2) is 24.3 Å². The zero-order chi connectivity index (χ0) is 15.5. The maximum atomic E-state index is 12.2. The van der Waals surface area contributed by atoms with Crippen molar-refractivity contribution in [2.24, 2.45) is 0 Å². The summed E-state index contributed by atoms with van der Waals surface area (Å²) in [6.45, 7) is 9.47. The first-order valence-corrected chi connectivity index (χ1v) is 8.49. The van der Waals surface area contributed by atoms with E-state index >= 15 is 0 Å². The average Bonchev–Trinajstić information content (AvgIpc) is 2.74. The molecule has 2 rings (SSSR count). The fraction of sp³-hybridized carbons (Fsp3) is 0.529. The zero-order valence-electron chi connectivity index (χ0n) is 13.3. The maximum Gasteiger partial charge on any atom is 0.150 e. The topological polar surface area (TPSA) is 34.9 Å². The summed E-state index contributed by atoms with van der Waals surface area (Å²) in [5, 5.41) is 0. The van der Waals surface area contributed by atoms with Gasteiger partial charge in [0, 0.05) is 11.3 Å². The minimum Gasteiger partial charge on any atom is -0.328 e. The Morgan fingerprint density at radius 2 is 2.00 bits per heavy atom. The molecule has 0 unspecified atom stereocenters. The Balaban J connectivity index is 2.17. The number of para-hydroxylation sites is 2. The van der Waals surface area contributed by atoms with Crippen LogP contribution in [0, 0.1) is 0 Å². The molecule has 1 aromatic carbocycles. The highest BCUT2D eigenvalue weighted by atomic mass is 32.2. The van der Waals surface area contributed by atoms with Crippen molar-refractivity contribution in [3.8, 4) is 0 Å². The standard InChI is InChI=1S/C17H24N2OS/c1-5-10-19-15-9-7-6-8-14(15)18-16(19)11-13(20)12-21-17(2,3)4/h6-9H,5,10-12H2,1-4H3. The zero-order valence-corrected chi connectivity index (χ0v) is 14.2. The molecule has 4 heteroatoms. The van der Waals surface area contributed by atoms with Crippen LogP contribution in [0.4, 0.5) is 0 Å². The third-order valence-electron chi connectivity index (χ3n) is 3.20. The van der Waals surface area contributed by atoms with Crippen LogP contribution < -0.4 is 0 Å². The Morgan fingerprint density at radius 3 is 2.67 bits per heavy atom. The van der Waals surface area contributed by atoms with E-state index in [-0.39, 0.29) is 10.5 Å². The van der Waals surface area contributed by atoms with Crippen LogP contribution in [0.25, 0.3) is 11.0 Å². The number of Topliss-reactive ketones (excluding diaryl/α,β-unsaturated/α-hetero) is 1. The molecule has 0 atom stereocenters. The molecular formula is C17H24N2OS. The van der Waals surface area contributed by atoms with Crippen molar-refractivity contribution >= 4 is 28.6 Å². The lowest BCUT2D eigenvalue weighted by Crippen LogP contribution is -2.16. The highest BCUT2D eigenvalue weighted by Crippen LogP contribution is 2.24. The molecule has 114 valence electrons. The van der Waals surface area contributed by atoms with Crippen molar-refractivity contribution in [1.29, 1.82) is 0 Å². The molecular weight excluding hydrogens is 280 g/mol.